The van der Waals surface area contributed by atoms with Gasteiger partial charge in [-0.1, -0.05) is 50.2 Å². The first-order chi connectivity index (χ1) is 12.8. The number of nitrogens with zero attached hydrogens (tertiary/aromatic N) is 1. The second kappa shape index (κ2) is 8.00. The summed E-state index contributed by atoms with van der Waals surface area (Å²) in [5.74, 6) is 0.901. The molecule has 1 N–H and O–H groups in total. The highest BCUT2D eigenvalue weighted by Crippen LogP contribution is 2.34. The van der Waals surface area contributed by atoms with Crippen LogP contribution in [-0.4, -0.2) is 42.6 Å². The lowest BCUT2D eigenvalue weighted by atomic mass is 9.82. The fraction of sp³-hybridized carbons (Fsp3) is 0.429. The SMILES string of the molecule is CC(C)C[C@]1(O)CCN(S(=O)(=O)c2ccccc2)C[C@@H]1Oc1ccccc1. The summed E-state index contributed by atoms with van der Waals surface area (Å²) in [4.78, 5) is 0.262. The molecule has 0 aliphatic carbocycles. The lowest BCUT2D eigenvalue weighted by molar-refractivity contribution is -0.105. The molecular weight excluding hydrogens is 362 g/mol. The third kappa shape index (κ3) is 4.51. The van der Waals surface area contributed by atoms with Crippen LogP contribution in [0.4, 0.5) is 0 Å². The van der Waals surface area contributed by atoms with Gasteiger partial charge >= 0.3 is 0 Å². The van der Waals surface area contributed by atoms with E-state index in [-0.39, 0.29) is 23.9 Å². The molecule has 1 aliphatic heterocycles. The Bertz CT molecular complexity index is 839. The Hall–Kier alpha value is -1.89. The van der Waals surface area contributed by atoms with Crippen molar-refractivity contribution in [3.05, 3.63) is 60.7 Å². The van der Waals surface area contributed by atoms with Crippen LogP contribution in [0.3, 0.4) is 0 Å². The zero-order chi connectivity index (χ0) is 19.5. The summed E-state index contributed by atoms with van der Waals surface area (Å²) in [6, 6.07) is 17.7. The predicted octanol–water partition coefficient (Wildman–Crippen LogP) is 3.31. The lowest BCUT2D eigenvalue weighted by Gasteiger charge is -2.44. The van der Waals surface area contributed by atoms with Crippen molar-refractivity contribution in [2.45, 2.75) is 43.3 Å². The van der Waals surface area contributed by atoms with Gasteiger partial charge in [-0.05, 0) is 43.0 Å². The van der Waals surface area contributed by atoms with Gasteiger partial charge < -0.3 is 9.84 Å². The molecule has 1 saturated heterocycles. The summed E-state index contributed by atoms with van der Waals surface area (Å²) in [5, 5.41) is 11.3. The quantitative estimate of drug-likeness (QED) is 0.823. The van der Waals surface area contributed by atoms with Crippen molar-refractivity contribution in [2.75, 3.05) is 13.1 Å². The average molecular weight is 390 g/mol. The first-order valence-corrected chi connectivity index (χ1v) is 10.7. The van der Waals surface area contributed by atoms with Gasteiger partial charge in [0.2, 0.25) is 10.0 Å². The Morgan fingerprint density at radius 2 is 1.70 bits per heavy atom. The molecule has 146 valence electrons. The molecular formula is C21H27NO4S. The lowest BCUT2D eigenvalue weighted by Crippen LogP contribution is -2.59. The van der Waals surface area contributed by atoms with Crippen LogP contribution in [0.5, 0.6) is 5.75 Å². The Balaban J connectivity index is 1.87. The highest BCUT2D eigenvalue weighted by molar-refractivity contribution is 7.89. The molecule has 0 amide bonds. The fourth-order valence-electron chi connectivity index (χ4n) is 3.64. The molecule has 1 fully saturated rings. The molecule has 0 radical (unpaired) electrons. The molecule has 0 bridgehead atoms. The minimum Gasteiger partial charge on any atom is -0.486 e. The van der Waals surface area contributed by atoms with Crippen LogP contribution in [-0.2, 0) is 10.0 Å². The second-order valence-corrected chi connectivity index (χ2v) is 9.49. The van der Waals surface area contributed by atoms with E-state index in [9.17, 15) is 13.5 Å². The zero-order valence-electron chi connectivity index (χ0n) is 15.8. The van der Waals surface area contributed by atoms with Gasteiger partial charge in [0, 0.05) is 6.54 Å². The largest absolute Gasteiger partial charge is 0.486 e. The van der Waals surface area contributed by atoms with Crippen LogP contribution in [0.25, 0.3) is 0 Å². The Morgan fingerprint density at radius 1 is 1.11 bits per heavy atom. The number of para-hydroxylation sites is 1. The van der Waals surface area contributed by atoms with E-state index in [1.807, 2.05) is 44.2 Å². The zero-order valence-corrected chi connectivity index (χ0v) is 16.6. The number of benzene rings is 2. The summed E-state index contributed by atoms with van der Waals surface area (Å²) >= 11 is 0. The monoisotopic (exact) mass is 389 g/mol. The molecule has 27 heavy (non-hydrogen) atoms. The van der Waals surface area contributed by atoms with Crippen molar-refractivity contribution < 1.29 is 18.3 Å². The van der Waals surface area contributed by atoms with Crippen LogP contribution in [0.2, 0.25) is 0 Å². The molecule has 6 heteroatoms. The smallest absolute Gasteiger partial charge is 0.243 e. The van der Waals surface area contributed by atoms with Gasteiger partial charge in [0.25, 0.3) is 0 Å². The fourth-order valence-corrected chi connectivity index (χ4v) is 5.10. The maximum atomic E-state index is 13.0. The van der Waals surface area contributed by atoms with Crippen molar-refractivity contribution in [3.63, 3.8) is 0 Å². The van der Waals surface area contributed by atoms with Crippen LogP contribution in [0.15, 0.2) is 65.6 Å². The number of sulfonamides is 1. The highest BCUT2D eigenvalue weighted by atomic mass is 32.2. The highest BCUT2D eigenvalue weighted by Gasteiger charge is 2.46. The molecule has 1 aliphatic rings. The van der Waals surface area contributed by atoms with Crippen LogP contribution >= 0.6 is 0 Å². The van der Waals surface area contributed by atoms with Gasteiger partial charge in [0.15, 0.2) is 0 Å². The van der Waals surface area contributed by atoms with E-state index in [2.05, 4.69) is 0 Å². The van der Waals surface area contributed by atoms with Gasteiger partial charge in [-0.2, -0.15) is 4.31 Å². The molecule has 0 spiro atoms. The van der Waals surface area contributed by atoms with Crippen molar-refractivity contribution in [2.24, 2.45) is 5.92 Å². The third-order valence-corrected chi connectivity index (χ3v) is 6.81. The minimum absolute atomic E-state index is 0.120. The number of hydrogen-bond donors (Lipinski definition) is 1. The first-order valence-electron chi connectivity index (χ1n) is 9.30. The standard InChI is InChI=1S/C21H27NO4S/c1-17(2)15-21(23)13-14-22(27(24,25)19-11-7-4-8-12-19)16-20(21)26-18-9-5-3-6-10-18/h3-12,17,20,23H,13-16H2,1-2H3/t20-,21+/m0/s1. The molecule has 1 heterocycles. The molecule has 2 atom stereocenters. The van der Waals surface area contributed by atoms with Gasteiger partial charge in [-0.25, -0.2) is 8.42 Å². The summed E-state index contributed by atoms with van der Waals surface area (Å²) in [6.07, 6.45) is 0.271. The molecule has 5 nitrogen and oxygen atoms in total. The van der Waals surface area contributed by atoms with Crippen LogP contribution in [0.1, 0.15) is 26.7 Å². The number of ether oxygens (including phenoxy) is 1. The normalized spacial score (nSPS) is 24.1. The third-order valence-electron chi connectivity index (χ3n) is 4.93. The summed E-state index contributed by atoms with van der Waals surface area (Å²) in [5.41, 5.74) is -1.06. The van der Waals surface area contributed by atoms with E-state index in [4.69, 9.17) is 4.74 Å². The number of rotatable bonds is 6. The van der Waals surface area contributed by atoms with Crippen LogP contribution in [0, 0.1) is 5.92 Å². The number of aliphatic hydroxyl groups is 1. The minimum atomic E-state index is -3.62. The maximum Gasteiger partial charge on any atom is 0.243 e. The molecule has 0 saturated carbocycles. The first kappa shape index (κ1) is 19.9. The van der Waals surface area contributed by atoms with Gasteiger partial charge in [0.1, 0.15) is 17.5 Å². The summed E-state index contributed by atoms with van der Waals surface area (Å²) < 4.78 is 33.5. The molecule has 0 unspecified atom stereocenters. The van der Waals surface area contributed by atoms with Crippen molar-refractivity contribution in [3.8, 4) is 5.75 Å². The Labute approximate surface area is 161 Å². The summed E-state index contributed by atoms with van der Waals surface area (Å²) in [6.45, 7) is 4.49. The number of piperidine rings is 1. The Kier molecular flexibility index (Phi) is 5.89. The maximum absolute atomic E-state index is 13.0. The van der Waals surface area contributed by atoms with E-state index in [1.165, 1.54) is 4.31 Å². The number of hydrogen-bond acceptors (Lipinski definition) is 4. The van der Waals surface area contributed by atoms with Crippen molar-refractivity contribution in [1.82, 2.24) is 4.31 Å². The summed E-state index contributed by atoms with van der Waals surface area (Å²) in [7, 11) is -3.62. The van der Waals surface area contributed by atoms with Gasteiger partial charge in [-0.15, -0.1) is 0 Å². The van der Waals surface area contributed by atoms with Gasteiger partial charge in [-0.3, -0.25) is 0 Å². The van der Waals surface area contributed by atoms with E-state index in [0.717, 1.165) is 0 Å². The molecule has 0 aromatic heterocycles. The van der Waals surface area contributed by atoms with E-state index in [1.54, 1.807) is 30.3 Å². The van der Waals surface area contributed by atoms with Crippen molar-refractivity contribution in [1.29, 1.82) is 0 Å². The van der Waals surface area contributed by atoms with Gasteiger partial charge in [0.05, 0.1) is 11.4 Å². The van der Waals surface area contributed by atoms with E-state index < -0.39 is 21.7 Å². The average Bonchev–Trinajstić information content (AvgIpc) is 2.64. The predicted molar refractivity (Wildman–Crippen MR) is 105 cm³/mol. The van der Waals surface area contributed by atoms with E-state index in [0.29, 0.717) is 18.6 Å². The Morgan fingerprint density at radius 3 is 2.30 bits per heavy atom. The molecule has 2 aromatic carbocycles. The molecule has 2 aromatic rings. The van der Waals surface area contributed by atoms with Crippen molar-refractivity contribution >= 4 is 10.0 Å². The van der Waals surface area contributed by atoms with Crippen LogP contribution < -0.4 is 4.74 Å². The second-order valence-electron chi connectivity index (χ2n) is 7.55. The van der Waals surface area contributed by atoms with E-state index >= 15 is 0 Å². The molecule has 3 rings (SSSR count). The topological polar surface area (TPSA) is 66.8 Å².